The molecule has 2 rings (SSSR count). The lowest BCUT2D eigenvalue weighted by molar-refractivity contribution is -0.150. The Balaban J connectivity index is 2.60. The van der Waals surface area contributed by atoms with Gasteiger partial charge in [0.25, 0.3) is 0 Å². The van der Waals surface area contributed by atoms with Crippen molar-refractivity contribution in [3.05, 3.63) is 36.0 Å². The summed E-state index contributed by atoms with van der Waals surface area (Å²) in [5.74, 6) is -0.795. The first-order valence-corrected chi connectivity index (χ1v) is 6.31. The van der Waals surface area contributed by atoms with E-state index in [1.54, 1.807) is 13.8 Å². The van der Waals surface area contributed by atoms with E-state index in [0.29, 0.717) is 0 Å². The molecule has 0 radical (unpaired) electrons. The summed E-state index contributed by atoms with van der Waals surface area (Å²) >= 11 is 0. The summed E-state index contributed by atoms with van der Waals surface area (Å²) < 4.78 is 0. The minimum absolute atomic E-state index is 0.193. The fourth-order valence-corrected chi connectivity index (χ4v) is 2.75. The van der Waals surface area contributed by atoms with Gasteiger partial charge in [0.1, 0.15) is 0 Å². The largest absolute Gasteiger partial charge is 0.481 e. The number of H-pyrrole nitrogens is 1. The van der Waals surface area contributed by atoms with Crippen molar-refractivity contribution in [3.8, 4) is 0 Å². The van der Waals surface area contributed by atoms with Crippen LogP contribution in [0.4, 0.5) is 0 Å². The molecule has 0 spiro atoms. The summed E-state index contributed by atoms with van der Waals surface area (Å²) in [5.41, 5.74) is 1.19. The molecule has 0 bridgehead atoms. The number of benzene rings is 1. The maximum absolute atomic E-state index is 11.6. The molecule has 1 unspecified atom stereocenters. The van der Waals surface area contributed by atoms with Gasteiger partial charge in [0.05, 0.1) is 11.5 Å². The van der Waals surface area contributed by atoms with Crippen molar-refractivity contribution < 1.29 is 9.90 Å². The molecule has 1 atom stereocenters. The van der Waals surface area contributed by atoms with Crippen LogP contribution in [-0.2, 0) is 4.79 Å². The van der Waals surface area contributed by atoms with Gasteiger partial charge in [0.2, 0.25) is 0 Å². The highest BCUT2D eigenvalue weighted by Crippen LogP contribution is 2.40. The zero-order valence-corrected chi connectivity index (χ0v) is 11.8. The summed E-state index contributed by atoms with van der Waals surface area (Å²) in [4.78, 5) is 16.7. The fraction of sp³-hybridized carbons (Fsp3) is 0.400. The van der Waals surface area contributed by atoms with E-state index in [1.165, 1.54) is 0 Å². The van der Waals surface area contributed by atoms with Crippen LogP contribution < -0.4 is 0 Å². The van der Waals surface area contributed by atoms with Crippen LogP contribution in [0, 0.1) is 5.41 Å². The lowest BCUT2D eigenvalue weighted by Crippen LogP contribution is -2.39. The topological polar surface area (TPSA) is 56.3 Å². The molecular weight excluding hydrogens is 240 g/mol. The van der Waals surface area contributed by atoms with Gasteiger partial charge in [-0.2, -0.15) is 0 Å². The van der Waals surface area contributed by atoms with Crippen molar-refractivity contribution in [2.24, 2.45) is 5.41 Å². The standard InChI is InChI=1S/C15H20N2O2/c1-15(2,14(18)19)13(17(3)4)11-9-16-12-8-6-5-7-10(11)12/h5-9,13,16H,1-4H3,(H,18,19). The first-order chi connectivity index (χ1) is 8.85. The Bertz CT molecular complexity index is 599. The van der Waals surface area contributed by atoms with E-state index in [0.717, 1.165) is 16.5 Å². The third-order valence-electron chi connectivity index (χ3n) is 3.67. The molecule has 0 aliphatic carbocycles. The van der Waals surface area contributed by atoms with Gasteiger partial charge in [-0.25, -0.2) is 0 Å². The number of nitrogens with one attached hydrogen (secondary N) is 1. The molecule has 1 aromatic carbocycles. The second kappa shape index (κ2) is 4.70. The summed E-state index contributed by atoms with van der Waals surface area (Å²) in [5, 5.41) is 10.6. The Morgan fingerprint density at radius 1 is 1.32 bits per heavy atom. The number of carboxylic acid groups (broad SMARTS) is 1. The normalized spacial score (nSPS) is 13.9. The zero-order chi connectivity index (χ0) is 14.2. The van der Waals surface area contributed by atoms with Gasteiger partial charge in [-0.15, -0.1) is 0 Å². The minimum Gasteiger partial charge on any atom is -0.481 e. The molecule has 1 aromatic heterocycles. The number of carbonyl (C=O) groups is 1. The molecule has 0 saturated carbocycles. The molecule has 0 fully saturated rings. The number of rotatable bonds is 4. The molecule has 0 aliphatic rings. The van der Waals surface area contributed by atoms with Crippen LogP contribution in [0.2, 0.25) is 0 Å². The van der Waals surface area contributed by atoms with Crippen LogP contribution in [-0.4, -0.2) is 35.1 Å². The van der Waals surface area contributed by atoms with Gasteiger partial charge < -0.3 is 15.0 Å². The smallest absolute Gasteiger partial charge is 0.311 e. The van der Waals surface area contributed by atoms with Crippen molar-refractivity contribution in [1.29, 1.82) is 0 Å². The number of aromatic nitrogens is 1. The molecule has 2 aromatic rings. The highest BCUT2D eigenvalue weighted by Gasteiger charge is 2.40. The lowest BCUT2D eigenvalue weighted by atomic mass is 9.79. The van der Waals surface area contributed by atoms with Crippen molar-refractivity contribution >= 4 is 16.9 Å². The summed E-state index contributed by atoms with van der Waals surface area (Å²) in [6, 6.07) is 7.77. The molecule has 0 saturated heterocycles. The summed E-state index contributed by atoms with van der Waals surface area (Å²) in [7, 11) is 3.83. The number of aliphatic carboxylic acids is 1. The Morgan fingerprint density at radius 3 is 2.53 bits per heavy atom. The number of para-hydroxylation sites is 1. The second-order valence-corrected chi connectivity index (χ2v) is 5.68. The average molecular weight is 260 g/mol. The molecule has 0 aliphatic heterocycles. The van der Waals surface area contributed by atoms with Gasteiger partial charge in [-0.05, 0) is 39.6 Å². The number of aromatic amines is 1. The average Bonchev–Trinajstić information content (AvgIpc) is 2.72. The summed E-state index contributed by atoms with van der Waals surface area (Å²) in [6.07, 6.45) is 1.92. The number of fused-ring (bicyclic) bond motifs is 1. The van der Waals surface area contributed by atoms with Crippen LogP contribution >= 0.6 is 0 Å². The van der Waals surface area contributed by atoms with Crippen molar-refractivity contribution in [2.45, 2.75) is 19.9 Å². The SMILES string of the molecule is CN(C)C(c1c[nH]c2ccccc12)C(C)(C)C(=O)O. The van der Waals surface area contributed by atoms with E-state index in [4.69, 9.17) is 0 Å². The van der Waals surface area contributed by atoms with Gasteiger partial charge >= 0.3 is 5.97 Å². The van der Waals surface area contributed by atoms with Crippen LogP contribution in [0.5, 0.6) is 0 Å². The number of hydrogen-bond donors (Lipinski definition) is 2. The lowest BCUT2D eigenvalue weighted by Gasteiger charge is -2.35. The van der Waals surface area contributed by atoms with Crippen LogP contribution in [0.3, 0.4) is 0 Å². The van der Waals surface area contributed by atoms with Crippen molar-refractivity contribution in [3.63, 3.8) is 0 Å². The fourth-order valence-electron chi connectivity index (χ4n) is 2.75. The number of carboxylic acids is 1. The Labute approximate surface area is 113 Å². The summed E-state index contributed by atoms with van der Waals surface area (Å²) in [6.45, 7) is 3.53. The van der Waals surface area contributed by atoms with Gasteiger partial charge in [-0.3, -0.25) is 4.79 Å². The maximum atomic E-state index is 11.6. The van der Waals surface area contributed by atoms with Gasteiger partial charge in [-0.1, -0.05) is 18.2 Å². The molecule has 19 heavy (non-hydrogen) atoms. The monoisotopic (exact) mass is 260 g/mol. The Hall–Kier alpha value is -1.81. The quantitative estimate of drug-likeness (QED) is 0.888. The zero-order valence-electron chi connectivity index (χ0n) is 11.8. The van der Waals surface area contributed by atoms with E-state index < -0.39 is 11.4 Å². The van der Waals surface area contributed by atoms with Crippen LogP contribution in [0.25, 0.3) is 10.9 Å². The number of hydrogen-bond acceptors (Lipinski definition) is 2. The molecule has 102 valence electrons. The van der Waals surface area contributed by atoms with Crippen LogP contribution in [0.15, 0.2) is 30.5 Å². The molecule has 4 heteroatoms. The van der Waals surface area contributed by atoms with E-state index in [2.05, 4.69) is 4.98 Å². The van der Waals surface area contributed by atoms with E-state index in [9.17, 15) is 9.90 Å². The molecular formula is C15H20N2O2. The Kier molecular flexibility index (Phi) is 3.37. The second-order valence-electron chi connectivity index (χ2n) is 5.68. The maximum Gasteiger partial charge on any atom is 0.311 e. The van der Waals surface area contributed by atoms with Gasteiger partial charge in [0, 0.05) is 17.1 Å². The third-order valence-corrected chi connectivity index (χ3v) is 3.67. The highest BCUT2D eigenvalue weighted by molar-refractivity contribution is 5.85. The van der Waals surface area contributed by atoms with Crippen LogP contribution in [0.1, 0.15) is 25.5 Å². The molecule has 1 heterocycles. The van der Waals surface area contributed by atoms with E-state index in [-0.39, 0.29) is 6.04 Å². The Morgan fingerprint density at radius 2 is 1.95 bits per heavy atom. The van der Waals surface area contributed by atoms with Gasteiger partial charge in [0.15, 0.2) is 0 Å². The molecule has 4 nitrogen and oxygen atoms in total. The predicted octanol–water partition coefficient (Wildman–Crippen LogP) is 2.88. The third kappa shape index (κ3) is 2.24. The molecule has 0 amide bonds. The predicted molar refractivity (Wildman–Crippen MR) is 76.1 cm³/mol. The first kappa shape index (κ1) is 13.6. The van der Waals surface area contributed by atoms with Crippen molar-refractivity contribution in [1.82, 2.24) is 9.88 Å². The molecule has 2 N–H and O–H groups in total. The van der Waals surface area contributed by atoms with Crippen molar-refractivity contribution in [2.75, 3.05) is 14.1 Å². The number of nitrogens with zero attached hydrogens (tertiary/aromatic N) is 1. The van der Waals surface area contributed by atoms with E-state index >= 15 is 0 Å². The first-order valence-electron chi connectivity index (χ1n) is 6.31. The highest BCUT2D eigenvalue weighted by atomic mass is 16.4. The van der Waals surface area contributed by atoms with E-state index in [1.807, 2.05) is 49.5 Å². The minimum atomic E-state index is -0.867.